The predicted molar refractivity (Wildman–Crippen MR) is 295 cm³/mol. The summed E-state index contributed by atoms with van der Waals surface area (Å²) >= 11 is 0. The number of methoxy groups -OCH3 is 3. The molecule has 0 spiro atoms. The van der Waals surface area contributed by atoms with Crippen LogP contribution >= 0.6 is 0 Å². The molecule has 0 aromatic carbocycles. The van der Waals surface area contributed by atoms with E-state index in [9.17, 15) is 59.4 Å². The first kappa shape index (κ1) is 68.5. The summed E-state index contributed by atoms with van der Waals surface area (Å²) in [7, 11) is 4.45. The quantitative estimate of drug-likeness (QED) is 0.0692. The van der Waals surface area contributed by atoms with E-state index in [-0.39, 0.29) is 62.4 Å². The van der Waals surface area contributed by atoms with Gasteiger partial charge in [-0.15, -0.1) is 0 Å². The molecule has 1 aliphatic carbocycles. The minimum Gasteiger partial charge on any atom is -0.460 e. The zero-order valence-corrected chi connectivity index (χ0v) is 49.5. The summed E-state index contributed by atoms with van der Waals surface area (Å²) in [5.74, 6) is -8.73. The number of Topliss-reactive ketones (excluding diaryl/α,β-unsaturated/α-hetero) is 3. The van der Waals surface area contributed by atoms with Crippen LogP contribution in [0.4, 0.5) is 4.79 Å². The maximum atomic E-state index is 14.6. The number of fused-ring (bicyclic) bond motifs is 3. The van der Waals surface area contributed by atoms with E-state index in [0.717, 1.165) is 10.5 Å². The summed E-state index contributed by atoms with van der Waals surface area (Å²) in [6, 6.07) is -1.22. The molecular formula is C60H93NO21. The average molecular weight is 1160 g/mol. The molecule has 4 fully saturated rings. The molecular weight excluding hydrogens is 1070 g/mol. The fraction of sp³-hybridized carbons (Fsp3) is 0.767. The SMILES string of the molecule is CO[C@H]1C[C@@H]2CC[C@@H](C)[C@@](O)(O2)C(=O)C(=O)N2CCCCC2C(=O)O[C@H]([C@H](C)C[C@H]2CC[C@@H](OCCOC(=O)O[C@@H]3O[C@H](CO)[C@@H](O)[C@H](O)[C@H]3O)[C@H](OC)C2)CC(=O)[C@H](C)/C=C(\C)[C@@H](O)[C@@H](OC)C(=O)[C@@H](C)C[C@H](C)/C=C/C=C/C=C/1C. The van der Waals surface area contributed by atoms with E-state index in [2.05, 4.69) is 0 Å². The van der Waals surface area contributed by atoms with Crippen molar-refractivity contribution in [3.05, 3.63) is 47.6 Å². The van der Waals surface area contributed by atoms with Crippen LogP contribution in [0, 0.1) is 35.5 Å². The van der Waals surface area contributed by atoms with Gasteiger partial charge in [-0.1, -0.05) is 71.1 Å². The fourth-order valence-electron chi connectivity index (χ4n) is 11.9. The van der Waals surface area contributed by atoms with E-state index in [1.54, 1.807) is 40.9 Å². The van der Waals surface area contributed by atoms with E-state index < -0.39 is 139 Å². The lowest BCUT2D eigenvalue weighted by Gasteiger charge is -2.42. The summed E-state index contributed by atoms with van der Waals surface area (Å²) in [4.78, 5) is 85.2. The third-order valence-corrected chi connectivity index (χ3v) is 17.1. The Morgan fingerprint density at radius 3 is 2.23 bits per heavy atom. The first-order chi connectivity index (χ1) is 38.9. The second-order valence-electron chi connectivity index (χ2n) is 23.3. The summed E-state index contributed by atoms with van der Waals surface area (Å²) in [6.45, 7) is 11.4. The highest BCUT2D eigenvalue weighted by molar-refractivity contribution is 6.39. The summed E-state index contributed by atoms with van der Waals surface area (Å²) in [5.41, 5.74) is 1.19. The molecule has 4 aliphatic heterocycles. The van der Waals surface area contributed by atoms with Crippen LogP contribution in [0.3, 0.4) is 0 Å². The Morgan fingerprint density at radius 2 is 1.55 bits per heavy atom. The summed E-state index contributed by atoms with van der Waals surface area (Å²) < 4.78 is 51.2. The molecule has 5 rings (SSSR count). The van der Waals surface area contributed by atoms with Crippen LogP contribution in [-0.2, 0) is 66.6 Å². The van der Waals surface area contributed by atoms with Gasteiger partial charge in [-0.3, -0.25) is 19.2 Å². The number of carbonyl (C=O) groups excluding carboxylic acids is 6. The maximum absolute atomic E-state index is 14.6. The molecule has 464 valence electrons. The molecule has 1 unspecified atom stereocenters. The van der Waals surface area contributed by atoms with Crippen LogP contribution in [0.2, 0.25) is 0 Å². The van der Waals surface area contributed by atoms with Crippen LogP contribution < -0.4 is 0 Å². The Kier molecular flexibility index (Phi) is 27.0. The number of hydrogen-bond acceptors (Lipinski definition) is 21. The number of nitrogens with zero attached hydrogens (tertiary/aromatic N) is 1. The van der Waals surface area contributed by atoms with E-state index in [4.69, 9.17) is 42.6 Å². The van der Waals surface area contributed by atoms with Gasteiger partial charge in [-0.25, -0.2) is 9.59 Å². The normalized spacial score (nSPS) is 40.0. The topological polar surface area (TPSA) is 310 Å². The molecule has 2 bridgehead atoms. The van der Waals surface area contributed by atoms with Crippen LogP contribution in [0.15, 0.2) is 47.6 Å². The molecule has 1 saturated carbocycles. The molecule has 20 atom stereocenters. The van der Waals surface area contributed by atoms with Crippen molar-refractivity contribution in [1.29, 1.82) is 0 Å². The van der Waals surface area contributed by atoms with Gasteiger partial charge in [-0.05, 0) is 107 Å². The second-order valence-corrected chi connectivity index (χ2v) is 23.3. The van der Waals surface area contributed by atoms with Crippen molar-refractivity contribution in [1.82, 2.24) is 4.90 Å². The Bertz CT molecular complexity index is 2250. The number of rotatable bonds is 12. The van der Waals surface area contributed by atoms with Crippen molar-refractivity contribution in [2.24, 2.45) is 35.5 Å². The Labute approximate surface area is 482 Å². The highest BCUT2D eigenvalue weighted by atomic mass is 16.8. The number of ketones is 3. The molecule has 4 heterocycles. The van der Waals surface area contributed by atoms with E-state index in [1.807, 2.05) is 51.2 Å². The minimum absolute atomic E-state index is 0.0176. The van der Waals surface area contributed by atoms with Gasteiger partial charge in [0.15, 0.2) is 5.78 Å². The predicted octanol–water partition coefficient (Wildman–Crippen LogP) is 4.16. The van der Waals surface area contributed by atoms with E-state index in [1.165, 1.54) is 14.2 Å². The molecule has 82 heavy (non-hydrogen) atoms. The number of aliphatic hydroxyl groups is 6. The molecule has 1 amide bonds. The zero-order chi connectivity index (χ0) is 60.6. The molecule has 6 N–H and O–H groups in total. The number of ether oxygens (including phenoxy) is 9. The number of hydrogen-bond donors (Lipinski definition) is 6. The van der Waals surface area contributed by atoms with Crippen LogP contribution in [0.25, 0.3) is 0 Å². The van der Waals surface area contributed by atoms with Gasteiger partial charge in [0.05, 0.1) is 37.6 Å². The third-order valence-electron chi connectivity index (χ3n) is 17.1. The zero-order valence-electron chi connectivity index (χ0n) is 49.5. The highest BCUT2D eigenvalue weighted by Crippen LogP contribution is 2.38. The van der Waals surface area contributed by atoms with Gasteiger partial charge in [0.25, 0.3) is 11.7 Å². The smallest absolute Gasteiger partial charge is 0.460 e. The lowest BCUT2D eigenvalue weighted by atomic mass is 9.78. The van der Waals surface area contributed by atoms with Gasteiger partial charge < -0.3 is 78.2 Å². The van der Waals surface area contributed by atoms with Crippen LogP contribution in [0.1, 0.15) is 126 Å². The number of amides is 1. The van der Waals surface area contributed by atoms with Crippen LogP contribution in [0.5, 0.6) is 0 Å². The Hall–Kier alpha value is -4.30. The van der Waals surface area contributed by atoms with Gasteiger partial charge in [-0.2, -0.15) is 0 Å². The minimum atomic E-state index is -2.49. The monoisotopic (exact) mass is 1160 g/mol. The van der Waals surface area contributed by atoms with Crippen molar-refractivity contribution < 1.29 is 102 Å². The van der Waals surface area contributed by atoms with Gasteiger partial charge >= 0.3 is 12.1 Å². The molecule has 0 radical (unpaired) electrons. The number of piperidine rings is 1. The van der Waals surface area contributed by atoms with Crippen molar-refractivity contribution in [2.75, 3.05) is 47.7 Å². The summed E-state index contributed by atoms with van der Waals surface area (Å²) in [6.07, 6.45) is 0.676. The Morgan fingerprint density at radius 1 is 0.817 bits per heavy atom. The summed E-state index contributed by atoms with van der Waals surface area (Å²) in [5, 5.41) is 63.3. The van der Waals surface area contributed by atoms with Gasteiger partial charge in [0.1, 0.15) is 61.2 Å². The second kappa shape index (κ2) is 32.3. The highest BCUT2D eigenvalue weighted by Gasteiger charge is 2.53. The molecule has 0 aromatic rings. The number of aliphatic hydroxyl groups excluding tert-OH is 5. The largest absolute Gasteiger partial charge is 0.510 e. The number of cyclic esters (lactones) is 1. The molecule has 5 aliphatic rings. The Balaban J connectivity index is 1.35. The average Bonchev–Trinajstić information content (AvgIpc) is 3.58. The van der Waals surface area contributed by atoms with Crippen LogP contribution in [-0.4, -0.2) is 204 Å². The van der Waals surface area contributed by atoms with Crippen molar-refractivity contribution >= 4 is 35.4 Å². The fourth-order valence-corrected chi connectivity index (χ4v) is 11.9. The van der Waals surface area contributed by atoms with Gasteiger partial charge in [0, 0.05) is 58.5 Å². The third kappa shape index (κ3) is 18.1. The first-order valence-electron chi connectivity index (χ1n) is 29.1. The van der Waals surface area contributed by atoms with Gasteiger partial charge in [0.2, 0.25) is 12.1 Å². The number of carbonyl (C=O) groups is 6. The van der Waals surface area contributed by atoms with Crippen molar-refractivity contribution in [3.63, 3.8) is 0 Å². The first-order valence-corrected chi connectivity index (χ1v) is 29.1. The van der Waals surface area contributed by atoms with E-state index in [0.29, 0.717) is 63.4 Å². The molecule has 22 nitrogen and oxygen atoms in total. The number of esters is 1. The van der Waals surface area contributed by atoms with E-state index >= 15 is 0 Å². The standard InChI is InChI=1S/C60H93NO21/c1-33-16-12-11-13-17-34(2)45(74-8)30-41-21-19-39(7)60(73,82-41)55(69)56(70)61-23-15-14-18-42(61)57(71)79-46(31-43(63)35(3)27-38(6)50(65)54(76-10)49(64)37(5)26-33)36(4)28-40-20-22-44(47(29-40)75-9)77-24-25-78-59(72)81-58-53(68)52(67)51(66)48(32-62)80-58/h11-13,16-17,27,33,35-37,39-42,44-48,50-54,58,62,65-68,73H,14-15,18-26,28-32H2,1-10H3/b13-11+,16-12+,34-17+,38-27+/t33-,35-,36-,37+,39-,40-,41+,42?,44-,45+,46+,47-,48-,50-,51-,52+,53-,54+,58+,60-/m1/s1. The van der Waals surface area contributed by atoms with Crippen molar-refractivity contribution in [3.8, 4) is 0 Å². The molecule has 22 heteroatoms. The molecule has 0 aromatic heterocycles. The maximum Gasteiger partial charge on any atom is 0.510 e. The lowest BCUT2D eigenvalue weighted by molar-refractivity contribution is -0.288. The lowest BCUT2D eigenvalue weighted by Crippen LogP contribution is -2.61. The van der Waals surface area contributed by atoms with Crippen molar-refractivity contribution in [2.45, 2.75) is 211 Å². The number of allylic oxidation sites excluding steroid dienone is 6. The molecule has 3 saturated heterocycles.